The van der Waals surface area contributed by atoms with Crippen LogP contribution in [0.5, 0.6) is 5.88 Å². The molecule has 0 amide bonds. The van der Waals surface area contributed by atoms with E-state index in [0.717, 1.165) is 0 Å². The summed E-state index contributed by atoms with van der Waals surface area (Å²) in [5.74, 6) is -0.919. The lowest BCUT2D eigenvalue weighted by Gasteiger charge is -2.24. The van der Waals surface area contributed by atoms with Crippen molar-refractivity contribution in [3.05, 3.63) is 67.9 Å². The summed E-state index contributed by atoms with van der Waals surface area (Å²) in [6.07, 6.45) is 3.07. The predicted molar refractivity (Wildman–Crippen MR) is 71.2 cm³/mol. The number of fused-ring (bicyclic) bond motifs is 1. The number of aromatic nitrogens is 3. The van der Waals surface area contributed by atoms with E-state index < -0.39 is 17.2 Å². The van der Waals surface area contributed by atoms with Gasteiger partial charge in [-0.1, -0.05) is 0 Å². The Hall–Kier alpha value is -3.34. The maximum Gasteiger partial charge on any atom is 0.328 e. The molecule has 0 radical (unpaired) electrons. The Morgan fingerprint density at radius 1 is 1.29 bits per heavy atom. The van der Waals surface area contributed by atoms with Crippen LogP contribution in [0.15, 0.2) is 45.6 Å². The summed E-state index contributed by atoms with van der Waals surface area (Å²) in [7, 11) is 0. The molecule has 1 unspecified atom stereocenters. The molecule has 0 fully saturated rings. The summed E-state index contributed by atoms with van der Waals surface area (Å²) in [5.41, 5.74) is 5.26. The van der Waals surface area contributed by atoms with Gasteiger partial charge in [0.15, 0.2) is 0 Å². The second kappa shape index (κ2) is 4.64. The number of H-pyrrole nitrogens is 2. The summed E-state index contributed by atoms with van der Waals surface area (Å²) in [6.45, 7) is 0. The Morgan fingerprint density at radius 2 is 2.00 bits per heavy atom. The maximum absolute atomic E-state index is 12.1. The number of nitrogens with two attached hydrogens (primary N) is 1. The van der Waals surface area contributed by atoms with Crippen LogP contribution >= 0.6 is 0 Å². The fourth-order valence-corrected chi connectivity index (χ4v) is 2.28. The number of nitrogens with one attached hydrogen (secondary N) is 2. The number of pyridine rings is 1. The minimum absolute atomic E-state index is 0.0536. The van der Waals surface area contributed by atoms with Crippen molar-refractivity contribution in [1.29, 1.82) is 5.26 Å². The highest BCUT2D eigenvalue weighted by atomic mass is 16.5. The Labute approximate surface area is 117 Å². The molecule has 8 nitrogen and oxygen atoms in total. The first-order valence-corrected chi connectivity index (χ1v) is 5.96. The topological polar surface area (TPSA) is 138 Å². The molecule has 4 N–H and O–H groups in total. The molecule has 3 rings (SSSR count). The minimum atomic E-state index is -0.720. The third-order valence-corrected chi connectivity index (χ3v) is 3.16. The lowest BCUT2D eigenvalue weighted by atomic mass is 9.86. The van der Waals surface area contributed by atoms with E-state index in [9.17, 15) is 14.9 Å². The average Bonchev–Trinajstić information content (AvgIpc) is 2.46. The molecule has 0 saturated heterocycles. The fourth-order valence-electron chi connectivity index (χ4n) is 2.28. The van der Waals surface area contributed by atoms with E-state index in [4.69, 9.17) is 10.5 Å². The SMILES string of the molecule is N#CC1=C(N)Oc2[nH]c(=O)[nH]c(=O)c2C1c1ccncc1. The lowest BCUT2D eigenvalue weighted by molar-refractivity contribution is 0.373. The number of ether oxygens (including phenoxy) is 1. The van der Waals surface area contributed by atoms with Crippen LogP contribution in [0.25, 0.3) is 0 Å². The van der Waals surface area contributed by atoms with E-state index in [0.29, 0.717) is 5.56 Å². The van der Waals surface area contributed by atoms with Crippen molar-refractivity contribution >= 4 is 0 Å². The number of hydrogen-bond donors (Lipinski definition) is 3. The Balaban J connectivity index is 2.34. The number of aromatic amines is 2. The predicted octanol–water partition coefficient (Wildman–Crippen LogP) is -0.324. The first-order chi connectivity index (χ1) is 10.1. The highest BCUT2D eigenvalue weighted by molar-refractivity contribution is 5.52. The minimum Gasteiger partial charge on any atom is -0.424 e. The van der Waals surface area contributed by atoms with Crippen LogP contribution in [0.4, 0.5) is 0 Å². The van der Waals surface area contributed by atoms with Gasteiger partial charge in [0.05, 0.1) is 11.5 Å². The third-order valence-electron chi connectivity index (χ3n) is 3.16. The Morgan fingerprint density at radius 3 is 2.67 bits per heavy atom. The summed E-state index contributed by atoms with van der Waals surface area (Å²) in [4.78, 5) is 31.8. The van der Waals surface area contributed by atoms with Gasteiger partial charge in [0, 0.05) is 12.4 Å². The molecule has 8 heteroatoms. The van der Waals surface area contributed by atoms with Gasteiger partial charge in [-0.05, 0) is 17.7 Å². The van der Waals surface area contributed by atoms with Gasteiger partial charge in [-0.15, -0.1) is 0 Å². The van der Waals surface area contributed by atoms with Crippen LogP contribution in [0.3, 0.4) is 0 Å². The first kappa shape index (κ1) is 12.7. The van der Waals surface area contributed by atoms with Crippen molar-refractivity contribution in [3.8, 4) is 11.9 Å². The van der Waals surface area contributed by atoms with Gasteiger partial charge in [-0.25, -0.2) is 4.79 Å². The van der Waals surface area contributed by atoms with Gasteiger partial charge in [0.1, 0.15) is 11.6 Å². The van der Waals surface area contributed by atoms with Crippen molar-refractivity contribution in [2.24, 2.45) is 5.73 Å². The van der Waals surface area contributed by atoms with Crippen LogP contribution in [-0.4, -0.2) is 15.0 Å². The molecule has 1 aliphatic rings. The summed E-state index contributed by atoms with van der Waals surface area (Å²) in [6, 6.07) is 5.27. The van der Waals surface area contributed by atoms with Crippen molar-refractivity contribution in [2.45, 2.75) is 5.92 Å². The van der Waals surface area contributed by atoms with E-state index in [1.807, 2.05) is 6.07 Å². The molecule has 2 aromatic heterocycles. The largest absolute Gasteiger partial charge is 0.424 e. The van der Waals surface area contributed by atoms with E-state index in [2.05, 4.69) is 15.0 Å². The molecule has 3 heterocycles. The zero-order valence-corrected chi connectivity index (χ0v) is 10.6. The summed E-state index contributed by atoms with van der Waals surface area (Å²) < 4.78 is 5.19. The van der Waals surface area contributed by atoms with Gasteiger partial charge >= 0.3 is 5.69 Å². The standard InChI is InChI=1S/C13H9N5O3/c14-5-7-8(6-1-3-16-4-2-6)9-11(19)17-13(20)18-12(9)21-10(7)15/h1-4,8H,15H2,(H2,17,18,19,20). The number of hydrogen-bond acceptors (Lipinski definition) is 6. The summed E-state index contributed by atoms with van der Waals surface area (Å²) in [5, 5.41) is 9.30. The van der Waals surface area contributed by atoms with Crippen molar-refractivity contribution < 1.29 is 4.74 Å². The van der Waals surface area contributed by atoms with E-state index >= 15 is 0 Å². The smallest absolute Gasteiger partial charge is 0.328 e. The number of rotatable bonds is 1. The molecule has 0 aliphatic carbocycles. The molecule has 0 saturated carbocycles. The van der Waals surface area contributed by atoms with Crippen LogP contribution < -0.4 is 21.7 Å². The fraction of sp³-hybridized carbons (Fsp3) is 0.0769. The van der Waals surface area contributed by atoms with Crippen LogP contribution in [0, 0.1) is 11.3 Å². The Kier molecular flexibility index (Phi) is 2.80. The van der Waals surface area contributed by atoms with E-state index in [1.54, 1.807) is 12.1 Å². The van der Waals surface area contributed by atoms with E-state index in [1.165, 1.54) is 12.4 Å². The van der Waals surface area contributed by atoms with Gasteiger partial charge in [-0.2, -0.15) is 5.26 Å². The highest BCUT2D eigenvalue weighted by Gasteiger charge is 2.33. The second-order valence-corrected chi connectivity index (χ2v) is 4.36. The number of nitriles is 1. The number of allylic oxidation sites excluding steroid dienone is 1. The van der Waals surface area contributed by atoms with E-state index in [-0.39, 0.29) is 22.9 Å². The quantitative estimate of drug-likeness (QED) is 0.655. The van der Waals surface area contributed by atoms with Crippen LogP contribution in [0.2, 0.25) is 0 Å². The molecular weight excluding hydrogens is 274 g/mol. The molecule has 0 aromatic carbocycles. The highest BCUT2D eigenvalue weighted by Crippen LogP contribution is 2.37. The normalized spacial score (nSPS) is 16.8. The van der Waals surface area contributed by atoms with Gasteiger partial charge in [-0.3, -0.25) is 19.7 Å². The zero-order valence-electron chi connectivity index (χ0n) is 10.6. The summed E-state index contributed by atoms with van der Waals surface area (Å²) >= 11 is 0. The van der Waals surface area contributed by atoms with Crippen LogP contribution in [0.1, 0.15) is 17.0 Å². The lowest BCUT2D eigenvalue weighted by Crippen LogP contribution is -2.33. The molecular formula is C13H9N5O3. The number of nitrogens with zero attached hydrogens (tertiary/aromatic N) is 2. The van der Waals surface area contributed by atoms with Crippen LogP contribution in [-0.2, 0) is 0 Å². The molecule has 0 spiro atoms. The van der Waals surface area contributed by atoms with Gasteiger partial charge in [0.25, 0.3) is 5.56 Å². The van der Waals surface area contributed by atoms with Crippen molar-refractivity contribution in [3.63, 3.8) is 0 Å². The second-order valence-electron chi connectivity index (χ2n) is 4.36. The molecule has 2 aromatic rings. The monoisotopic (exact) mass is 283 g/mol. The third kappa shape index (κ3) is 1.97. The first-order valence-electron chi connectivity index (χ1n) is 5.96. The molecule has 21 heavy (non-hydrogen) atoms. The Bertz CT molecular complexity index is 889. The molecule has 1 aliphatic heterocycles. The van der Waals surface area contributed by atoms with Gasteiger partial charge < -0.3 is 10.5 Å². The molecule has 104 valence electrons. The van der Waals surface area contributed by atoms with Crippen molar-refractivity contribution in [2.75, 3.05) is 0 Å². The molecule has 0 bridgehead atoms. The van der Waals surface area contributed by atoms with Gasteiger partial charge in [0.2, 0.25) is 11.8 Å². The maximum atomic E-state index is 12.1. The average molecular weight is 283 g/mol. The zero-order chi connectivity index (χ0) is 15.0. The van der Waals surface area contributed by atoms with Crippen molar-refractivity contribution in [1.82, 2.24) is 15.0 Å². The molecule has 1 atom stereocenters.